The molecule has 0 aromatic carbocycles. The van der Waals surface area contributed by atoms with Gasteiger partial charge in [0.1, 0.15) is 0 Å². The van der Waals surface area contributed by atoms with Crippen molar-refractivity contribution in [1.82, 2.24) is 4.90 Å². The molecule has 0 atom stereocenters. The van der Waals surface area contributed by atoms with Crippen LogP contribution >= 0.6 is 0 Å². The molecule has 1 aliphatic rings. The monoisotopic (exact) mass is 184 g/mol. The van der Waals surface area contributed by atoms with Crippen LogP contribution in [-0.4, -0.2) is 30.6 Å². The third-order valence-corrected chi connectivity index (χ3v) is 3.20. The van der Waals surface area contributed by atoms with Crippen LogP contribution in [0.1, 0.15) is 45.4 Å². The zero-order valence-corrected chi connectivity index (χ0v) is 9.18. The Bertz CT molecular complexity index is 139. The average molecular weight is 184 g/mol. The fraction of sp³-hybridized carbons (Fsp3) is 1.00. The van der Waals surface area contributed by atoms with Crippen molar-refractivity contribution in [2.75, 3.05) is 20.1 Å². The van der Waals surface area contributed by atoms with Crippen LogP contribution in [0.25, 0.3) is 0 Å². The van der Waals surface area contributed by atoms with Crippen molar-refractivity contribution in [1.29, 1.82) is 0 Å². The summed E-state index contributed by atoms with van der Waals surface area (Å²) in [6, 6.07) is 0. The molecule has 0 unspecified atom stereocenters. The first-order valence-electron chi connectivity index (χ1n) is 5.64. The third kappa shape index (κ3) is 3.65. The van der Waals surface area contributed by atoms with Gasteiger partial charge in [-0.05, 0) is 45.8 Å². The van der Waals surface area contributed by atoms with E-state index in [2.05, 4.69) is 18.9 Å². The molecule has 2 N–H and O–H groups in total. The number of rotatable bonds is 5. The second-order valence-corrected chi connectivity index (χ2v) is 4.62. The average Bonchev–Trinajstić information content (AvgIpc) is 2.51. The fourth-order valence-electron chi connectivity index (χ4n) is 2.24. The van der Waals surface area contributed by atoms with Crippen molar-refractivity contribution >= 4 is 0 Å². The number of hydrogen-bond acceptors (Lipinski definition) is 2. The van der Waals surface area contributed by atoms with Crippen molar-refractivity contribution in [3.63, 3.8) is 0 Å². The zero-order valence-electron chi connectivity index (χ0n) is 9.18. The highest BCUT2D eigenvalue weighted by molar-refractivity contribution is 4.89. The first-order valence-corrected chi connectivity index (χ1v) is 5.64. The van der Waals surface area contributed by atoms with E-state index in [1.165, 1.54) is 51.6 Å². The molecule has 0 bridgehead atoms. The van der Waals surface area contributed by atoms with Crippen LogP contribution in [0.2, 0.25) is 0 Å². The molecule has 1 aliphatic carbocycles. The second-order valence-electron chi connectivity index (χ2n) is 4.62. The number of nitrogens with zero attached hydrogens (tertiary/aromatic N) is 1. The molecule has 1 saturated carbocycles. The lowest BCUT2D eigenvalue weighted by molar-refractivity contribution is 0.280. The van der Waals surface area contributed by atoms with Gasteiger partial charge in [-0.15, -0.1) is 0 Å². The Morgan fingerprint density at radius 2 is 1.85 bits per heavy atom. The molecular formula is C11H24N2. The van der Waals surface area contributed by atoms with Gasteiger partial charge in [-0.25, -0.2) is 0 Å². The van der Waals surface area contributed by atoms with E-state index in [9.17, 15) is 0 Å². The van der Waals surface area contributed by atoms with E-state index in [-0.39, 0.29) is 5.54 Å². The molecule has 0 saturated heterocycles. The minimum atomic E-state index is 0.183. The van der Waals surface area contributed by atoms with Gasteiger partial charge in [0.15, 0.2) is 0 Å². The smallest absolute Gasteiger partial charge is 0.0166 e. The van der Waals surface area contributed by atoms with Gasteiger partial charge in [0.2, 0.25) is 0 Å². The summed E-state index contributed by atoms with van der Waals surface area (Å²) in [5.74, 6) is 0. The molecule has 0 spiro atoms. The van der Waals surface area contributed by atoms with Crippen molar-refractivity contribution in [2.45, 2.75) is 51.0 Å². The maximum Gasteiger partial charge on any atom is 0.0166 e. The van der Waals surface area contributed by atoms with Gasteiger partial charge < -0.3 is 10.6 Å². The molecule has 78 valence electrons. The lowest BCUT2D eigenvalue weighted by Crippen LogP contribution is -2.39. The van der Waals surface area contributed by atoms with Gasteiger partial charge in [-0.3, -0.25) is 0 Å². The van der Waals surface area contributed by atoms with Gasteiger partial charge in [0, 0.05) is 5.54 Å². The van der Waals surface area contributed by atoms with E-state index in [0.717, 1.165) is 0 Å². The quantitative estimate of drug-likeness (QED) is 0.708. The highest BCUT2D eigenvalue weighted by Gasteiger charge is 2.28. The summed E-state index contributed by atoms with van der Waals surface area (Å²) in [5, 5.41) is 0. The standard InChI is InChI=1S/C11H24N2/c1-3-9-13(2)10-8-11(12)6-4-5-7-11/h3-10,12H2,1-2H3. The van der Waals surface area contributed by atoms with Crippen LogP contribution in [0.4, 0.5) is 0 Å². The van der Waals surface area contributed by atoms with Crippen molar-refractivity contribution in [3.05, 3.63) is 0 Å². The zero-order chi connectivity index (χ0) is 9.73. The summed E-state index contributed by atoms with van der Waals surface area (Å²) < 4.78 is 0. The van der Waals surface area contributed by atoms with Gasteiger partial charge in [-0.2, -0.15) is 0 Å². The van der Waals surface area contributed by atoms with E-state index in [1.807, 2.05) is 0 Å². The Kier molecular flexibility index (Phi) is 4.20. The Morgan fingerprint density at radius 3 is 2.38 bits per heavy atom. The first kappa shape index (κ1) is 11.0. The van der Waals surface area contributed by atoms with Gasteiger partial charge in [0.25, 0.3) is 0 Å². The lowest BCUT2D eigenvalue weighted by Gasteiger charge is -2.26. The minimum absolute atomic E-state index is 0.183. The number of hydrogen-bond donors (Lipinski definition) is 1. The van der Waals surface area contributed by atoms with Gasteiger partial charge >= 0.3 is 0 Å². The largest absolute Gasteiger partial charge is 0.325 e. The number of nitrogens with two attached hydrogens (primary N) is 1. The van der Waals surface area contributed by atoms with Crippen LogP contribution in [0, 0.1) is 0 Å². The maximum atomic E-state index is 6.28. The second kappa shape index (κ2) is 4.97. The molecule has 0 amide bonds. The Labute approximate surface area is 82.5 Å². The molecule has 0 aliphatic heterocycles. The van der Waals surface area contributed by atoms with Crippen molar-refractivity contribution in [2.24, 2.45) is 5.73 Å². The molecule has 1 fully saturated rings. The van der Waals surface area contributed by atoms with Crippen molar-refractivity contribution in [3.8, 4) is 0 Å². The van der Waals surface area contributed by atoms with E-state index in [1.54, 1.807) is 0 Å². The summed E-state index contributed by atoms with van der Waals surface area (Å²) in [4.78, 5) is 2.40. The molecule has 1 rings (SSSR count). The van der Waals surface area contributed by atoms with Crippen LogP contribution in [0.15, 0.2) is 0 Å². The Morgan fingerprint density at radius 1 is 1.23 bits per heavy atom. The Balaban J connectivity index is 2.17. The van der Waals surface area contributed by atoms with E-state index in [4.69, 9.17) is 5.73 Å². The molecule has 13 heavy (non-hydrogen) atoms. The normalized spacial score (nSPS) is 21.2. The molecule has 2 nitrogen and oxygen atoms in total. The molecule has 2 heteroatoms. The predicted molar refractivity (Wildman–Crippen MR) is 57.8 cm³/mol. The molecular weight excluding hydrogens is 160 g/mol. The summed E-state index contributed by atoms with van der Waals surface area (Å²) in [6.07, 6.45) is 7.60. The molecule has 0 aromatic heterocycles. The summed E-state index contributed by atoms with van der Waals surface area (Å²) in [6.45, 7) is 4.60. The van der Waals surface area contributed by atoms with Crippen LogP contribution in [0.3, 0.4) is 0 Å². The maximum absolute atomic E-state index is 6.28. The lowest BCUT2D eigenvalue weighted by atomic mass is 9.94. The minimum Gasteiger partial charge on any atom is -0.325 e. The topological polar surface area (TPSA) is 29.3 Å². The summed E-state index contributed by atoms with van der Waals surface area (Å²) >= 11 is 0. The first-order chi connectivity index (χ1) is 6.16. The van der Waals surface area contributed by atoms with Gasteiger partial charge in [-0.1, -0.05) is 19.8 Å². The molecule has 0 radical (unpaired) electrons. The van der Waals surface area contributed by atoms with Crippen LogP contribution in [-0.2, 0) is 0 Å². The SMILES string of the molecule is CCCN(C)CCC1(N)CCCC1. The van der Waals surface area contributed by atoms with Crippen LogP contribution < -0.4 is 5.73 Å². The van der Waals surface area contributed by atoms with Crippen LogP contribution in [0.5, 0.6) is 0 Å². The third-order valence-electron chi connectivity index (χ3n) is 3.20. The predicted octanol–water partition coefficient (Wildman–Crippen LogP) is 1.99. The highest BCUT2D eigenvalue weighted by Crippen LogP contribution is 2.29. The summed E-state index contributed by atoms with van der Waals surface area (Å²) in [7, 11) is 2.20. The Hall–Kier alpha value is -0.0800. The van der Waals surface area contributed by atoms with Crippen molar-refractivity contribution < 1.29 is 0 Å². The van der Waals surface area contributed by atoms with Gasteiger partial charge in [0.05, 0.1) is 0 Å². The van der Waals surface area contributed by atoms with E-state index >= 15 is 0 Å². The summed E-state index contributed by atoms with van der Waals surface area (Å²) in [5.41, 5.74) is 6.46. The fourth-order valence-corrected chi connectivity index (χ4v) is 2.24. The van der Waals surface area contributed by atoms with E-state index < -0.39 is 0 Å². The van der Waals surface area contributed by atoms with E-state index in [0.29, 0.717) is 0 Å². The highest BCUT2D eigenvalue weighted by atomic mass is 15.1. The molecule has 0 heterocycles. The molecule has 0 aromatic rings.